The fourth-order valence-corrected chi connectivity index (χ4v) is 8.41. The molecule has 4 saturated carbocycles. The predicted octanol–water partition coefficient (Wildman–Crippen LogP) is 2.26. The quantitative estimate of drug-likeness (QED) is 0.639. The van der Waals surface area contributed by atoms with E-state index in [9.17, 15) is 24.6 Å². The van der Waals surface area contributed by atoms with Crippen molar-refractivity contribution in [2.45, 2.75) is 91.6 Å². The first-order valence-electron chi connectivity index (χ1n) is 11.5. The zero-order chi connectivity index (χ0) is 23.1. The maximum atomic E-state index is 13.7. The van der Waals surface area contributed by atoms with Crippen LogP contribution in [-0.2, 0) is 23.9 Å². The summed E-state index contributed by atoms with van der Waals surface area (Å²) in [5, 5.41) is 22.9. The second-order valence-electron chi connectivity index (χ2n) is 11.4. The highest BCUT2D eigenvalue weighted by atomic mass is 16.6. The third kappa shape index (κ3) is 2.81. The van der Waals surface area contributed by atoms with Crippen molar-refractivity contribution in [2.24, 2.45) is 39.9 Å². The van der Waals surface area contributed by atoms with Gasteiger partial charge in [-0.3, -0.25) is 14.4 Å². The van der Waals surface area contributed by atoms with Crippen LogP contribution in [0.15, 0.2) is 0 Å². The molecule has 0 radical (unpaired) electrons. The van der Waals surface area contributed by atoms with Crippen LogP contribution < -0.4 is 0 Å². The summed E-state index contributed by atoms with van der Waals surface area (Å²) in [6, 6.07) is 0. The van der Waals surface area contributed by atoms with Gasteiger partial charge in [0.25, 0.3) is 0 Å². The van der Waals surface area contributed by atoms with Crippen molar-refractivity contribution >= 4 is 17.7 Å². The second-order valence-corrected chi connectivity index (χ2v) is 11.4. The number of ketones is 1. The van der Waals surface area contributed by atoms with Crippen LogP contribution in [0.25, 0.3) is 0 Å². The lowest BCUT2D eigenvalue weighted by molar-refractivity contribution is -0.279. The maximum Gasteiger partial charge on any atom is 0.302 e. The summed E-state index contributed by atoms with van der Waals surface area (Å²) >= 11 is 0. The molecule has 2 bridgehead atoms. The first-order valence-corrected chi connectivity index (χ1v) is 11.5. The SMILES string of the molecule is CC(=O)O[C@H]1C[C@@H]2[C@@H](C)C(=O)[C@@]3([C@H](O)C[C@@H]4C(C)(C)CC[C@@H](OC(C)=O)[C@@]4(C)[C@@H]13)[C@H]2O. The summed E-state index contributed by atoms with van der Waals surface area (Å²) in [7, 11) is 0. The first kappa shape index (κ1) is 22.7. The van der Waals surface area contributed by atoms with E-state index in [4.69, 9.17) is 9.47 Å². The number of aliphatic hydroxyl groups is 2. The van der Waals surface area contributed by atoms with Crippen molar-refractivity contribution < 1.29 is 34.1 Å². The molecule has 7 nitrogen and oxygen atoms in total. The van der Waals surface area contributed by atoms with Gasteiger partial charge in [-0.15, -0.1) is 0 Å². The van der Waals surface area contributed by atoms with E-state index in [1.807, 2.05) is 6.92 Å². The van der Waals surface area contributed by atoms with Gasteiger partial charge in [-0.2, -0.15) is 0 Å². The number of Topliss-reactive ketones (excluding diaryl/α,β-unsaturated/α-hetero) is 1. The average molecular weight is 437 g/mol. The molecule has 0 amide bonds. The van der Waals surface area contributed by atoms with Gasteiger partial charge in [-0.1, -0.05) is 27.7 Å². The van der Waals surface area contributed by atoms with Crippen molar-refractivity contribution in [2.75, 3.05) is 0 Å². The van der Waals surface area contributed by atoms with Crippen LogP contribution in [0.3, 0.4) is 0 Å². The van der Waals surface area contributed by atoms with Gasteiger partial charge < -0.3 is 19.7 Å². The highest BCUT2D eigenvalue weighted by molar-refractivity contribution is 5.92. The Balaban J connectivity index is 1.96. The summed E-state index contributed by atoms with van der Waals surface area (Å²) in [5.74, 6) is -2.51. The second kappa shape index (κ2) is 7.01. The molecule has 4 fully saturated rings. The Morgan fingerprint density at radius 2 is 1.65 bits per heavy atom. The van der Waals surface area contributed by atoms with Gasteiger partial charge in [0, 0.05) is 31.1 Å². The molecule has 4 aliphatic carbocycles. The number of hydrogen-bond acceptors (Lipinski definition) is 7. The highest BCUT2D eigenvalue weighted by Gasteiger charge is 2.78. The summed E-state index contributed by atoms with van der Waals surface area (Å²) in [4.78, 5) is 37.9. The van der Waals surface area contributed by atoms with E-state index in [0.717, 1.165) is 6.42 Å². The number of fused-ring (bicyclic) bond motifs is 3. The molecule has 0 unspecified atom stereocenters. The van der Waals surface area contributed by atoms with Crippen LogP contribution in [0.2, 0.25) is 0 Å². The van der Waals surface area contributed by atoms with Crippen LogP contribution in [0.5, 0.6) is 0 Å². The molecule has 1 spiro atoms. The van der Waals surface area contributed by atoms with Gasteiger partial charge in [-0.25, -0.2) is 0 Å². The number of hydrogen-bond donors (Lipinski definition) is 2. The monoisotopic (exact) mass is 436 g/mol. The topological polar surface area (TPSA) is 110 Å². The van der Waals surface area contributed by atoms with Crippen LogP contribution in [0.4, 0.5) is 0 Å². The van der Waals surface area contributed by atoms with E-state index < -0.39 is 59.0 Å². The minimum atomic E-state index is -1.42. The molecule has 2 N–H and O–H groups in total. The van der Waals surface area contributed by atoms with Crippen LogP contribution in [-0.4, -0.2) is 52.4 Å². The van der Waals surface area contributed by atoms with E-state index in [-0.39, 0.29) is 23.0 Å². The van der Waals surface area contributed by atoms with E-state index >= 15 is 0 Å². The fraction of sp³-hybridized carbons (Fsp3) is 0.875. The molecule has 10 atom stereocenters. The van der Waals surface area contributed by atoms with E-state index in [1.54, 1.807) is 6.92 Å². The largest absolute Gasteiger partial charge is 0.462 e. The molecular weight excluding hydrogens is 400 g/mol. The standard InChI is InChI=1S/C24H36O7/c1-11-14-9-15(30-12(2)25)19-23(6)16(10-17(27)24(19,20(11)28)21(14)29)22(4,5)8-7-18(23)31-13(3)26/h11,14-19,21,27,29H,7-10H2,1-6H3/t11-,14-,15+,16-,17-,18-,19-,21+,23+,24+/m1/s1. The molecule has 0 aromatic carbocycles. The Labute approximate surface area is 183 Å². The molecule has 4 aliphatic rings. The molecule has 4 rings (SSSR count). The summed E-state index contributed by atoms with van der Waals surface area (Å²) in [6.07, 6.45) is -1.03. The lowest BCUT2D eigenvalue weighted by Crippen LogP contribution is -2.73. The number of esters is 2. The molecule has 0 heterocycles. The highest BCUT2D eigenvalue weighted by Crippen LogP contribution is 2.71. The smallest absolute Gasteiger partial charge is 0.302 e. The first-order chi connectivity index (χ1) is 14.3. The van der Waals surface area contributed by atoms with Gasteiger partial charge in [0.1, 0.15) is 18.0 Å². The minimum absolute atomic E-state index is 0.0748. The normalized spacial score (nSPS) is 50.3. The third-order valence-electron chi connectivity index (χ3n) is 9.51. The molecule has 31 heavy (non-hydrogen) atoms. The van der Waals surface area contributed by atoms with Crippen molar-refractivity contribution in [1.82, 2.24) is 0 Å². The van der Waals surface area contributed by atoms with Crippen LogP contribution in [0.1, 0.15) is 67.2 Å². The van der Waals surface area contributed by atoms with Crippen LogP contribution >= 0.6 is 0 Å². The van der Waals surface area contributed by atoms with Gasteiger partial charge >= 0.3 is 11.9 Å². The lowest BCUT2D eigenvalue weighted by Gasteiger charge is -2.67. The number of carbonyl (C=O) groups excluding carboxylic acids is 3. The average Bonchev–Trinajstić information content (AvgIpc) is 2.76. The zero-order valence-corrected chi connectivity index (χ0v) is 19.4. The Morgan fingerprint density at radius 1 is 1.03 bits per heavy atom. The third-order valence-corrected chi connectivity index (χ3v) is 9.51. The zero-order valence-electron chi connectivity index (χ0n) is 19.4. The number of carbonyl (C=O) groups is 3. The molecule has 0 saturated heterocycles. The summed E-state index contributed by atoms with van der Waals surface area (Å²) in [5.41, 5.74) is -2.33. The Morgan fingerprint density at radius 3 is 2.23 bits per heavy atom. The van der Waals surface area contributed by atoms with Gasteiger partial charge in [0.15, 0.2) is 0 Å². The minimum Gasteiger partial charge on any atom is -0.462 e. The van der Waals surface area contributed by atoms with Gasteiger partial charge in [0.05, 0.1) is 17.6 Å². The molecule has 0 aromatic heterocycles. The lowest BCUT2D eigenvalue weighted by atomic mass is 9.38. The number of aliphatic hydroxyl groups excluding tert-OH is 2. The van der Waals surface area contributed by atoms with Crippen molar-refractivity contribution in [1.29, 1.82) is 0 Å². The summed E-state index contributed by atoms with van der Waals surface area (Å²) < 4.78 is 11.7. The van der Waals surface area contributed by atoms with E-state index in [1.165, 1.54) is 13.8 Å². The molecule has 0 aliphatic heterocycles. The number of ether oxygens (including phenoxy) is 2. The Hall–Kier alpha value is -1.47. The Kier molecular flexibility index (Phi) is 5.14. The van der Waals surface area contributed by atoms with Crippen molar-refractivity contribution in [3.63, 3.8) is 0 Å². The van der Waals surface area contributed by atoms with Gasteiger partial charge in [-0.05, 0) is 42.9 Å². The van der Waals surface area contributed by atoms with Crippen molar-refractivity contribution in [3.05, 3.63) is 0 Å². The fourth-order valence-electron chi connectivity index (χ4n) is 8.41. The van der Waals surface area contributed by atoms with E-state index in [0.29, 0.717) is 19.3 Å². The van der Waals surface area contributed by atoms with E-state index in [2.05, 4.69) is 13.8 Å². The summed E-state index contributed by atoms with van der Waals surface area (Å²) in [6.45, 7) is 10.8. The maximum absolute atomic E-state index is 13.7. The predicted molar refractivity (Wildman–Crippen MR) is 111 cm³/mol. The number of rotatable bonds is 2. The van der Waals surface area contributed by atoms with Crippen LogP contribution in [0, 0.1) is 39.9 Å². The molecule has 174 valence electrons. The molecule has 7 heteroatoms. The van der Waals surface area contributed by atoms with Gasteiger partial charge in [0.2, 0.25) is 0 Å². The Bertz CT molecular complexity index is 806. The van der Waals surface area contributed by atoms with Crippen molar-refractivity contribution in [3.8, 4) is 0 Å². The molecular formula is C24H36O7. The molecule has 0 aromatic rings.